The molecular formula is C13H16O4. The van der Waals surface area contributed by atoms with Crippen LogP contribution in [0.2, 0.25) is 0 Å². The first-order valence-electron chi connectivity index (χ1n) is 5.47. The van der Waals surface area contributed by atoms with E-state index in [-0.39, 0.29) is 6.42 Å². The van der Waals surface area contributed by atoms with Gasteiger partial charge in [-0.1, -0.05) is 32.0 Å². The molecule has 1 N–H and O–H groups in total. The highest BCUT2D eigenvalue weighted by molar-refractivity contribution is 6.33. The van der Waals surface area contributed by atoms with Crippen molar-refractivity contribution in [1.29, 1.82) is 0 Å². The zero-order valence-corrected chi connectivity index (χ0v) is 9.97. The van der Waals surface area contributed by atoms with E-state index in [2.05, 4.69) is 0 Å². The molecule has 4 nitrogen and oxygen atoms in total. The van der Waals surface area contributed by atoms with Gasteiger partial charge in [-0.25, -0.2) is 4.79 Å². The van der Waals surface area contributed by atoms with Crippen LogP contribution in [0.3, 0.4) is 0 Å². The van der Waals surface area contributed by atoms with Gasteiger partial charge in [0.2, 0.25) is 5.78 Å². The highest BCUT2D eigenvalue weighted by Crippen LogP contribution is 2.19. The van der Waals surface area contributed by atoms with Crippen molar-refractivity contribution in [3.05, 3.63) is 29.8 Å². The van der Waals surface area contributed by atoms with Crippen molar-refractivity contribution in [3.63, 3.8) is 0 Å². The van der Waals surface area contributed by atoms with E-state index in [1.807, 2.05) is 13.8 Å². The van der Waals surface area contributed by atoms with Crippen LogP contribution >= 0.6 is 0 Å². The molecule has 1 rings (SSSR count). The number of hydrogen-bond acceptors (Lipinski definition) is 3. The number of ether oxygens (including phenoxy) is 1. The maximum Gasteiger partial charge on any atom is 0.372 e. The Morgan fingerprint density at radius 3 is 2.53 bits per heavy atom. The summed E-state index contributed by atoms with van der Waals surface area (Å²) in [6.07, 6.45) is -0.135. The summed E-state index contributed by atoms with van der Waals surface area (Å²) in [6.45, 7) is 4.58. The lowest BCUT2D eigenvalue weighted by molar-refractivity contribution is -0.148. The number of carboxylic acids is 1. The SMILES string of the molecule is CC(C)COc1ccccc1CC(=O)C(=O)O. The lowest BCUT2D eigenvalue weighted by Gasteiger charge is -2.12. The number of carbonyl (C=O) groups excluding carboxylic acids is 1. The first-order valence-corrected chi connectivity index (χ1v) is 5.47. The normalized spacial score (nSPS) is 10.3. The van der Waals surface area contributed by atoms with Gasteiger partial charge in [0.25, 0.3) is 0 Å². The highest BCUT2D eigenvalue weighted by atomic mass is 16.5. The maximum atomic E-state index is 11.1. The molecule has 0 radical (unpaired) electrons. The molecule has 0 aliphatic heterocycles. The lowest BCUT2D eigenvalue weighted by atomic mass is 10.1. The fraction of sp³-hybridized carbons (Fsp3) is 0.385. The first kappa shape index (κ1) is 13.2. The number of aliphatic carboxylic acids is 1. The first-order chi connectivity index (χ1) is 8.00. The molecule has 1 aromatic carbocycles. The number of Topliss-reactive ketones (excluding diaryl/α,β-unsaturated/α-hetero) is 1. The average Bonchev–Trinajstić information content (AvgIpc) is 2.27. The Bertz CT molecular complexity index is 410. The second-order valence-corrected chi connectivity index (χ2v) is 4.22. The van der Waals surface area contributed by atoms with E-state index in [1.165, 1.54) is 0 Å². The quantitative estimate of drug-likeness (QED) is 0.766. The maximum absolute atomic E-state index is 11.1. The van der Waals surface area contributed by atoms with E-state index >= 15 is 0 Å². The third kappa shape index (κ3) is 4.26. The molecule has 92 valence electrons. The van der Waals surface area contributed by atoms with Gasteiger partial charge in [0, 0.05) is 12.0 Å². The molecule has 0 bridgehead atoms. The van der Waals surface area contributed by atoms with Crippen LogP contribution in [0.1, 0.15) is 19.4 Å². The van der Waals surface area contributed by atoms with Crippen molar-refractivity contribution >= 4 is 11.8 Å². The molecular weight excluding hydrogens is 220 g/mol. The van der Waals surface area contributed by atoms with Gasteiger partial charge >= 0.3 is 5.97 Å². The zero-order valence-electron chi connectivity index (χ0n) is 9.97. The minimum Gasteiger partial charge on any atom is -0.493 e. The Balaban J connectivity index is 2.77. The predicted molar refractivity (Wildman–Crippen MR) is 63.1 cm³/mol. The monoisotopic (exact) mass is 236 g/mol. The van der Waals surface area contributed by atoms with Crippen molar-refractivity contribution in [3.8, 4) is 5.75 Å². The summed E-state index contributed by atoms with van der Waals surface area (Å²) in [6, 6.07) is 7.00. The molecule has 0 amide bonds. The number of ketones is 1. The van der Waals surface area contributed by atoms with Gasteiger partial charge in [-0.3, -0.25) is 4.79 Å². The van der Waals surface area contributed by atoms with Gasteiger partial charge in [-0.2, -0.15) is 0 Å². The number of carboxylic acid groups (broad SMARTS) is 1. The molecule has 0 unspecified atom stereocenters. The number of carbonyl (C=O) groups is 2. The molecule has 0 aliphatic rings. The van der Waals surface area contributed by atoms with E-state index in [9.17, 15) is 9.59 Å². The molecule has 4 heteroatoms. The number of hydrogen-bond donors (Lipinski definition) is 1. The van der Waals surface area contributed by atoms with Crippen molar-refractivity contribution in [1.82, 2.24) is 0 Å². The summed E-state index contributed by atoms with van der Waals surface area (Å²) >= 11 is 0. The molecule has 0 spiro atoms. The summed E-state index contributed by atoms with van der Waals surface area (Å²) in [5.74, 6) is -1.29. The van der Waals surface area contributed by atoms with Crippen LogP contribution in [0.5, 0.6) is 5.75 Å². The molecule has 0 aromatic heterocycles. The Hall–Kier alpha value is -1.84. The highest BCUT2D eigenvalue weighted by Gasteiger charge is 2.15. The molecule has 0 aliphatic carbocycles. The molecule has 1 aromatic rings. The van der Waals surface area contributed by atoms with Crippen LogP contribution in [0, 0.1) is 5.92 Å². The van der Waals surface area contributed by atoms with E-state index in [1.54, 1.807) is 24.3 Å². The second-order valence-electron chi connectivity index (χ2n) is 4.22. The van der Waals surface area contributed by atoms with E-state index in [4.69, 9.17) is 9.84 Å². The van der Waals surface area contributed by atoms with Crippen molar-refractivity contribution in [2.24, 2.45) is 5.92 Å². The van der Waals surface area contributed by atoms with Crippen molar-refractivity contribution < 1.29 is 19.4 Å². The fourth-order valence-corrected chi connectivity index (χ4v) is 1.30. The van der Waals surface area contributed by atoms with E-state index in [0.29, 0.717) is 23.8 Å². The standard InChI is InChI=1S/C13H16O4/c1-9(2)8-17-12-6-4-3-5-10(12)7-11(14)13(15)16/h3-6,9H,7-8H2,1-2H3,(H,15,16). The van der Waals surface area contributed by atoms with Gasteiger partial charge in [-0.15, -0.1) is 0 Å². The number of para-hydroxylation sites is 1. The van der Waals surface area contributed by atoms with Gasteiger partial charge in [0.1, 0.15) is 5.75 Å². The zero-order chi connectivity index (χ0) is 12.8. The average molecular weight is 236 g/mol. The van der Waals surface area contributed by atoms with Gasteiger partial charge in [-0.05, 0) is 12.0 Å². The number of rotatable bonds is 6. The largest absolute Gasteiger partial charge is 0.493 e. The minimum absolute atomic E-state index is 0.135. The Kier molecular flexibility index (Phi) is 4.69. The number of benzene rings is 1. The van der Waals surface area contributed by atoms with Gasteiger partial charge in [0.15, 0.2) is 0 Å². The second kappa shape index (κ2) is 6.03. The third-order valence-corrected chi connectivity index (χ3v) is 2.13. The van der Waals surface area contributed by atoms with Gasteiger partial charge in [0.05, 0.1) is 6.61 Å². The summed E-state index contributed by atoms with van der Waals surface area (Å²) in [5, 5.41) is 8.56. The smallest absolute Gasteiger partial charge is 0.372 e. The Labute approximate surface area is 100 Å². The fourth-order valence-electron chi connectivity index (χ4n) is 1.30. The molecule has 0 saturated carbocycles. The van der Waals surface area contributed by atoms with E-state index < -0.39 is 11.8 Å². The van der Waals surface area contributed by atoms with Crippen LogP contribution in [-0.2, 0) is 16.0 Å². The Morgan fingerprint density at radius 1 is 1.29 bits per heavy atom. The minimum atomic E-state index is -1.41. The molecule has 17 heavy (non-hydrogen) atoms. The summed E-state index contributed by atoms with van der Waals surface area (Å²) in [4.78, 5) is 21.6. The molecule has 0 atom stereocenters. The molecule has 0 saturated heterocycles. The van der Waals surface area contributed by atoms with Crippen LogP contribution < -0.4 is 4.74 Å². The van der Waals surface area contributed by atoms with Crippen LogP contribution in [0.15, 0.2) is 24.3 Å². The molecule has 0 heterocycles. The topological polar surface area (TPSA) is 63.6 Å². The lowest BCUT2D eigenvalue weighted by Crippen LogP contribution is -2.16. The van der Waals surface area contributed by atoms with Crippen LogP contribution in [0.4, 0.5) is 0 Å². The molecule has 0 fully saturated rings. The van der Waals surface area contributed by atoms with E-state index in [0.717, 1.165) is 0 Å². The van der Waals surface area contributed by atoms with Crippen molar-refractivity contribution in [2.75, 3.05) is 6.61 Å². The Morgan fingerprint density at radius 2 is 1.94 bits per heavy atom. The van der Waals surface area contributed by atoms with Crippen LogP contribution in [-0.4, -0.2) is 23.5 Å². The summed E-state index contributed by atoms with van der Waals surface area (Å²) in [5.41, 5.74) is 0.612. The van der Waals surface area contributed by atoms with Crippen molar-refractivity contribution in [2.45, 2.75) is 20.3 Å². The third-order valence-electron chi connectivity index (χ3n) is 2.13. The predicted octanol–water partition coefficient (Wildman–Crippen LogP) is 1.92. The van der Waals surface area contributed by atoms with Crippen LogP contribution in [0.25, 0.3) is 0 Å². The van der Waals surface area contributed by atoms with Gasteiger partial charge < -0.3 is 9.84 Å². The summed E-state index contributed by atoms with van der Waals surface area (Å²) in [7, 11) is 0. The summed E-state index contributed by atoms with van der Waals surface area (Å²) < 4.78 is 5.53.